The lowest BCUT2D eigenvalue weighted by Crippen LogP contribution is -2.41. The fourth-order valence-corrected chi connectivity index (χ4v) is 2.47. The highest BCUT2D eigenvalue weighted by Crippen LogP contribution is 2.25. The zero-order valence-electron chi connectivity index (χ0n) is 15.8. The van der Waals surface area contributed by atoms with Gasteiger partial charge in [0, 0.05) is 13.6 Å². The summed E-state index contributed by atoms with van der Waals surface area (Å²) in [5.74, 6) is 0.199. The summed E-state index contributed by atoms with van der Waals surface area (Å²) in [4.78, 5) is 14.4. The van der Waals surface area contributed by atoms with Crippen LogP contribution < -0.4 is 0 Å². The van der Waals surface area contributed by atoms with E-state index in [1.54, 1.807) is 0 Å². The van der Waals surface area contributed by atoms with Crippen molar-refractivity contribution in [1.29, 1.82) is 0 Å². The second-order valence-electron chi connectivity index (χ2n) is 9.30. The Morgan fingerprint density at radius 1 is 0.952 bits per heavy atom. The molecule has 0 fully saturated rings. The Morgan fingerprint density at radius 2 is 1.48 bits per heavy atom. The Bertz CT molecular complexity index is 353. The van der Waals surface area contributed by atoms with E-state index in [1.807, 2.05) is 25.8 Å². The minimum Gasteiger partial charge on any atom is -0.345 e. The zero-order valence-corrected chi connectivity index (χ0v) is 15.8. The molecule has 0 spiro atoms. The number of unbranched alkanes of at least 4 members (excludes halogenated alkanes) is 1. The van der Waals surface area contributed by atoms with Gasteiger partial charge in [0.2, 0.25) is 5.91 Å². The van der Waals surface area contributed by atoms with E-state index in [1.165, 1.54) is 12.8 Å². The smallest absolute Gasteiger partial charge is 0.231 e. The van der Waals surface area contributed by atoms with Crippen molar-refractivity contribution in [1.82, 2.24) is 4.90 Å². The van der Waals surface area contributed by atoms with E-state index in [4.69, 9.17) is 0 Å². The van der Waals surface area contributed by atoms with Crippen LogP contribution >= 0.6 is 0 Å². The lowest BCUT2D eigenvalue weighted by Gasteiger charge is -2.32. The van der Waals surface area contributed by atoms with E-state index < -0.39 is 5.41 Å². The molecule has 0 radical (unpaired) electrons. The van der Waals surface area contributed by atoms with Crippen molar-refractivity contribution in [2.75, 3.05) is 13.6 Å². The Labute approximate surface area is 133 Å². The average molecular weight is 296 g/mol. The van der Waals surface area contributed by atoms with Crippen LogP contribution in [-0.2, 0) is 4.79 Å². The Hall–Kier alpha value is -0.790. The highest BCUT2D eigenvalue weighted by Gasteiger charge is 2.29. The summed E-state index contributed by atoms with van der Waals surface area (Å²) in [7, 11) is 1.91. The van der Waals surface area contributed by atoms with Crippen molar-refractivity contribution in [3.05, 3.63) is 12.2 Å². The third kappa shape index (κ3) is 9.71. The molecular weight excluding hydrogens is 258 g/mol. The number of carbonyl (C=O) groups is 1. The number of hydrogen-bond acceptors (Lipinski definition) is 1. The molecule has 0 saturated heterocycles. The van der Waals surface area contributed by atoms with Crippen LogP contribution in [0.15, 0.2) is 12.2 Å². The molecule has 2 heteroatoms. The number of carbonyl (C=O) groups excluding carboxylic acids is 1. The van der Waals surface area contributed by atoms with E-state index in [2.05, 4.69) is 53.7 Å². The highest BCUT2D eigenvalue weighted by molar-refractivity contribution is 5.83. The molecule has 0 rings (SSSR count). The van der Waals surface area contributed by atoms with Gasteiger partial charge in [-0.25, -0.2) is 0 Å². The molecule has 0 bridgehead atoms. The van der Waals surface area contributed by atoms with Crippen molar-refractivity contribution in [2.24, 2.45) is 16.2 Å². The summed E-state index contributed by atoms with van der Waals surface area (Å²) in [6.45, 7) is 18.1. The van der Waals surface area contributed by atoms with Crippen molar-refractivity contribution in [2.45, 2.75) is 74.7 Å². The fraction of sp³-hybridized carbons (Fsp3) is 0.842. The Morgan fingerprint density at radius 3 is 1.90 bits per heavy atom. The van der Waals surface area contributed by atoms with Gasteiger partial charge in [0.25, 0.3) is 0 Å². The largest absolute Gasteiger partial charge is 0.345 e. The molecule has 0 saturated carbocycles. The fourth-order valence-electron chi connectivity index (χ4n) is 2.47. The first kappa shape index (κ1) is 20.2. The van der Waals surface area contributed by atoms with Gasteiger partial charge in [-0.3, -0.25) is 4.79 Å². The molecule has 21 heavy (non-hydrogen) atoms. The van der Waals surface area contributed by atoms with Crippen LogP contribution in [0.25, 0.3) is 0 Å². The van der Waals surface area contributed by atoms with Gasteiger partial charge in [-0.15, -0.1) is 0 Å². The molecule has 0 aromatic carbocycles. The van der Waals surface area contributed by atoms with E-state index >= 15 is 0 Å². The summed E-state index contributed by atoms with van der Waals surface area (Å²) in [5.41, 5.74) is 0.116. The van der Waals surface area contributed by atoms with E-state index in [-0.39, 0.29) is 11.3 Å². The molecule has 2 nitrogen and oxygen atoms in total. The molecule has 0 aliphatic heterocycles. The standard InChI is InChI=1S/C19H37NO/c1-17(2,3)13-11-10-12-14-19(7,8)16(21)20(9)15-18(4,5)6/h12,14H,10-11,13,15H2,1-9H3/b14-12+. The summed E-state index contributed by atoms with van der Waals surface area (Å²) in [5, 5.41) is 0. The minimum atomic E-state index is -0.415. The van der Waals surface area contributed by atoms with Crippen molar-refractivity contribution >= 4 is 5.91 Å². The monoisotopic (exact) mass is 295 g/mol. The van der Waals surface area contributed by atoms with Gasteiger partial charge in [0.1, 0.15) is 0 Å². The average Bonchev–Trinajstić information content (AvgIpc) is 2.23. The second-order valence-corrected chi connectivity index (χ2v) is 9.30. The maximum atomic E-state index is 12.5. The summed E-state index contributed by atoms with van der Waals surface area (Å²) >= 11 is 0. The number of amides is 1. The number of allylic oxidation sites excluding steroid dienone is 1. The molecule has 0 aliphatic rings. The summed E-state index contributed by atoms with van der Waals surface area (Å²) in [6, 6.07) is 0. The first-order valence-electron chi connectivity index (χ1n) is 8.18. The first-order chi connectivity index (χ1) is 9.25. The number of rotatable bonds is 6. The van der Waals surface area contributed by atoms with Gasteiger partial charge in [-0.1, -0.05) is 53.7 Å². The van der Waals surface area contributed by atoms with Crippen molar-refractivity contribution in [3.63, 3.8) is 0 Å². The Kier molecular flexibility index (Phi) is 7.19. The van der Waals surface area contributed by atoms with E-state index in [0.717, 1.165) is 13.0 Å². The van der Waals surface area contributed by atoms with Gasteiger partial charge in [0.15, 0.2) is 0 Å². The third-order valence-electron chi connectivity index (χ3n) is 3.44. The van der Waals surface area contributed by atoms with Crippen LogP contribution in [-0.4, -0.2) is 24.4 Å². The quantitative estimate of drug-likeness (QED) is 0.481. The molecule has 0 atom stereocenters. The molecular formula is C19H37NO. The van der Waals surface area contributed by atoms with E-state index in [0.29, 0.717) is 5.41 Å². The maximum Gasteiger partial charge on any atom is 0.231 e. The highest BCUT2D eigenvalue weighted by atomic mass is 16.2. The molecule has 124 valence electrons. The van der Waals surface area contributed by atoms with Gasteiger partial charge >= 0.3 is 0 Å². The van der Waals surface area contributed by atoms with E-state index in [9.17, 15) is 4.79 Å². The SMILES string of the molecule is CN(CC(C)(C)C)C(=O)C(C)(C)/C=C/CCCC(C)(C)C. The molecule has 0 heterocycles. The predicted octanol–water partition coefficient (Wildman–Crippen LogP) is 5.29. The number of nitrogens with zero attached hydrogens (tertiary/aromatic N) is 1. The number of hydrogen-bond donors (Lipinski definition) is 0. The van der Waals surface area contributed by atoms with Crippen LogP contribution in [0.4, 0.5) is 0 Å². The molecule has 0 aliphatic carbocycles. The maximum absolute atomic E-state index is 12.5. The van der Waals surface area contributed by atoms with Crippen LogP contribution in [0.2, 0.25) is 0 Å². The minimum absolute atomic E-state index is 0.136. The van der Waals surface area contributed by atoms with Crippen molar-refractivity contribution < 1.29 is 4.79 Å². The normalized spacial score (nSPS) is 13.8. The lowest BCUT2D eigenvalue weighted by molar-refractivity contribution is -0.137. The second kappa shape index (κ2) is 7.47. The van der Waals surface area contributed by atoms with Crippen LogP contribution in [0.3, 0.4) is 0 Å². The van der Waals surface area contributed by atoms with Crippen LogP contribution in [0, 0.1) is 16.2 Å². The molecule has 0 unspecified atom stereocenters. The molecule has 0 aromatic rings. The van der Waals surface area contributed by atoms with Crippen molar-refractivity contribution in [3.8, 4) is 0 Å². The van der Waals surface area contributed by atoms with Crippen LogP contribution in [0.1, 0.15) is 74.7 Å². The van der Waals surface area contributed by atoms with Gasteiger partial charge < -0.3 is 4.90 Å². The predicted molar refractivity (Wildman–Crippen MR) is 93.3 cm³/mol. The Balaban J connectivity index is 4.43. The molecule has 0 N–H and O–H groups in total. The lowest BCUT2D eigenvalue weighted by atomic mass is 9.87. The third-order valence-corrected chi connectivity index (χ3v) is 3.44. The summed E-state index contributed by atoms with van der Waals surface area (Å²) in [6.07, 6.45) is 7.71. The van der Waals surface area contributed by atoms with Crippen LogP contribution in [0.5, 0.6) is 0 Å². The first-order valence-corrected chi connectivity index (χ1v) is 8.18. The topological polar surface area (TPSA) is 20.3 Å². The zero-order chi connectivity index (χ0) is 16.9. The molecule has 0 aromatic heterocycles. The van der Waals surface area contributed by atoms with Gasteiger partial charge in [0.05, 0.1) is 5.41 Å². The summed E-state index contributed by atoms with van der Waals surface area (Å²) < 4.78 is 0. The molecule has 1 amide bonds. The van der Waals surface area contributed by atoms with Gasteiger partial charge in [-0.2, -0.15) is 0 Å². The van der Waals surface area contributed by atoms with Gasteiger partial charge in [-0.05, 0) is 43.9 Å².